The average Bonchev–Trinajstić information content (AvgIpc) is 2.53. The molecule has 1 atom stereocenters. The van der Waals surface area contributed by atoms with E-state index >= 15 is 0 Å². The lowest BCUT2D eigenvalue weighted by molar-refractivity contribution is 0.629. The molecule has 0 aliphatic rings. The van der Waals surface area contributed by atoms with Crippen molar-refractivity contribution in [1.29, 1.82) is 0 Å². The Hall–Kier alpha value is -1.35. The highest BCUT2D eigenvalue weighted by Crippen LogP contribution is 2.22. The first kappa shape index (κ1) is 11.1. The van der Waals surface area contributed by atoms with E-state index in [0.717, 1.165) is 23.7 Å². The van der Waals surface area contributed by atoms with Crippen molar-refractivity contribution < 1.29 is 4.39 Å². The summed E-state index contributed by atoms with van der Waals surface area (Å²) >= 11 is 0. The van der Waals surface area contributed by atoms with Gasteiger partial charge in [0.25, 0.3) is 0 Å². The van der Waals surface area contributed by atoms with Crippen LogP contribution in [0.5, 0.6) is 0 Å². The van der Waals surface area contributed by atoms with Crippen LogP contribution < -0.4 is 5.73 Å². The van der Waals surface area contributed by atoms with Crippen LogP contribution in [0.15, 0.2) is 24.4 Å². The zero-order chi connectivity index (χ0) is 11.7. The van der Waals surface area contributed by atoms with Crippen LogP contribution >= 0.6 is 0 Å². The molecule has 0 radical (unpaired) electrons. The standard InChI is InChI=1S/C13H17FN2/c1-9(15)3-4-10-8-16(2)13-7-11(14)5-6-12(10)13/h5-9H,3-4,15H2,1-2H3/t9-/m0/s1. The van der Waals surface area contributed by atoms with E-state index in [1.165, 1.54) is 11.6 Å². The minimum atomic E-state index is -0.188. The van der Waals surface area contributed by atoms with Crippen LogP contribution in [0.2, 0.25) is 0 Å². The van der Waals surface area contributed by atoms with Gasteiger partial charge in [-0.2, -0.15) is 0 Å². The first-order chi connectivity index (χ1) is 7.58. The van der Waals surface area contributed by atoms with Crippen molar-refractivity contribution in [3.8, 4) is 0 Å². The molecule has 2 N–H and O–H groups in total. The maximum Gasteiger partial charge on any atom is 0.125 e. The Labute approximate surface area is 94.9 Å². The summed E-state index contributed by atoms with van der Waals surface area (Å²) in [4.78, 5) is 0. The Balaban J connectivity index is 2.39. The Bertz CT molecular complexity index is 500. The minimum absolute atomic E-state index is 0.188. The summed E-state index contributed by atoms with van der Waals surface area (Å²) < 4.78 is 15.1. The summed E-state index contributed by atoms with van der Waals surface area (Å²) in [6, 6.07) is 5.14. The molecular weight excluding hydrogens is 203 g/mol. The number of nitrogens with zero attached hydrogens (tertiary/aromatic N) is 1. The number of hydrogen-bond donors (Lipinski definition) is 1. The average molecular weight is 220 g/mol. The van der Waals surface area contributed by atoms with Gasteiger partial charge in [-0.15, -0.1) is 0 Å². The highest BCUT2D eigenvalue weighted by atomic mass is 19.1. The summed E-state index contributed by atoms with van der Waals surface area (Å²) in [6.45, 7) is 2.00. The van der Waals surface area contributed by atoms with Crippen LogP contribution in [0.3, 0.4) is 0 Å². The molecule has 0 saturated heterocycles. The Morgan fingerprint density at radius 1 is 1.44 bits per heavy atom. The van der Waals surface area contributed by atoms with E-state index in [2.05, 4.69) is 6.20 Å². The maximum atomic E-state index is 13.1. The van der Waals surface area contributed by atoms with E-state index in [0.29, 0.717) is 0 Å². The normalized spacial score (nSPS) is 13.2. The molecule has 0 saturated carbocycles. The molecule has 0 fully saturated rings. The number of halogens is 1. The number of hydrogen-bond acceptors (Lipinski definition) is 1. The summed E-state index contributed by atoms with van der Waals surface area (Å²) in [6.07, 6.45) is 3.96. The zero-order valence-electron chi connectivity index (χ0n) is 9.70. The quantitative estimate of drug-likeness (QED) is 0.847. The number of fused-ring (bicyclic) bond motifs is 1. The smallest absolute Gasteiger partial charge is 0.125 e. The molecule has 86 valence electrons. The molecule has 3 heteroatoms. The SMILES string of the molecule is C[C@H](N)CCc1cn(C)c2cc(F)ccc12. The summed E-state index contributed by atoms with van der Waals surface area (Å²) in [5.41, 5.74) is 7.94. The number of rotatable bonds is 3. The van der Waals surface area contributed by atoms with Crippen molar-refractivity contribution in [2.75, 3.05) is 0 Å². The largest absolute Gasteiger partial charge is 0.350 e. The Morgan fingerprint density at radius 2 is 2.19 bits per heavy atom. The van der Waals surface area contributed by atoms with Gasteiger partial charge in [0.15, 0.2) is 0 Å². The van der Waals surface area contributed by atoms with Crippen molar-refractivity contribution in [2.45, 2.75) is 25.8 Å². The van der Waals surface area contributed by atoms with Crippen molar-refractivity contribution in [2.24, 2.45) is 12.8 Å². The van der Waals surface area contributed by atoms with Gasteiger partial charge in [-0.1, -0.05) is 0 Å². The maximum absolute atomic E-state index is 13.1. The minimum Gasteiger partial charge on any atom is -0.350 e. The number of aryl methyl sites for hydroxylation is 2. The third-order valence-electron chi connectivity index (χ3n) is 2.90. The molecule has 2 aromatic rings. The molecule has 0 amide bonds. The fourth-order valence-corrected chi connectivity index (χ4v) is 2.02. The van der Waals surface area contributed by atoms with Gasteiger partial charge in [-0.05, 0) is 43.5 Å². The van der Waals surface area contributed by atoms with E-state index in [4.69, 9.17) is 5.73 Å². The number of nitrogens with two attached hydrogens (primary N) is 1. The van der Waals surface area contributed by atoms with Crippen LogP contribution in [-0.4, -0.2) is 10.6 Å². The first-order valence-electron chi connectivity index (χ1n) is 5.57. The fourth-order valence-electron chi connectivity index (χ4n) is 2.02. The second kappa shape index (κ2) is 4.26. The molecule has 0 aliphatic heterocycles. The fraction of sp³-hybridized carbons (Fsp3) is 0.385. The van der Waals surface area contributed by atoms with Crippen molar-refractivity contribution >= 4 is 10.9 Å². The van der Waals surface area contributed by atoms with E-state index in [9.17, 15) is 4.39 Å². The molecule has 0 bridgehead atoms. The van der Waals surface area contributed by atoms with Gasteiger partial charge >= 0.3 is 0 Å². The monoisotopic (exact) mass is 220 g/mol. The van der Waals surface area contributed by atoms with Crippen LogP contribution in [0.25, 0.3) is 10.9 Å². The summed E-state index contributed by atoms with van der Waals surface area (Å²) in [5, 5.41) is 1.13. The second-order valence-corrected chi connectivity index (χ2v) is 4.44. The molecule has 1 aromatic carbocycles. The van der Waals surface area contributed by atoms with Crippen LogP contribution in [0.1, 0.15) is 18.9 Å². The molecule has 16 heavy (non-hydrogen) atoms. The molecule has 1 heterocycles. The van der Waals surface area contributed by atoms with Gasteiger partial charge in [-0.25, -0.2) is 4.39 Å². The predicted molar refractivity (Wildman–Crippen MR) is 64.8 cm³/mol. The van der Waals surface area contributed by atoms with Gasteiger partial charge in [0.1, 0.15) is 5.82 Å². The molecule has 0 spiro atoms. The highest BCUT2D eigenvalue weighted by molar-refractivity contribution is 5.84. The van der Waals surface area contributed by atoms with Crippen LogP contribution in [0.4, 0.5) is 4.39 Å². The highest BCUT2D eigenvalue weighted by Gasteiger charge is 2.07. The van der Waals surface area contributed by atoms with Gasteiger partial charge in [0, 0.05) is 24.7 Å². The summed E-state index contributed by atoms with van der Waals surface area (Å²) in [5.74, 6) is -0.188. The Kier molecular flexibility index (Phi) is 2.97. The van der Waals surface area contributed by atoms with Gasteiger partial charge in [0.05, 0.1) is 5.52 Å². The van der Waals surface area contributed by atoms with Gasteiger partial charge in [0.2, 0.25) is 0 Å². The van der Waals surface area contributed by atoms with Crippen LogP contribution in [0, 0.1) is 5.82 Å². The molecule has 0 unspecified atom stereocenters. The lowest BCUT2D eigenvalue weighted by Crippen LogP contribution is -2.15. The summed E-state index contributed by atoms with van der Waals surface area (Å²) in [7, 11) is 1.94. The topological polar surface area (TPSA) is 30.9 Å². The zero-order valence-corrected chi connectivity index (χ0v) is 9.70. The first-order valence-corrected chi connectivity index (χ1v) is 5.57. The van der Waals surface area contributed by atoms with E-state index in [1.54, 1.807) is 6.07 Å². The van der Waals surface area contributed by atoms with Crippen molar-refractivity contribution in [3.63, 3.8) is 0 Å². The molecule has 2 nitrogen and oxygen atoms in total. The molecule has 0 aliphatic carbocycles. The number of benzene rings is 1. The third kappa shape index (κ3) is 2.09. The number of aromatic nitrogens is 1. The molecule has 2 rings (SSSR count). The second-order valence-electron chi connectivity index (χ2n) is 4.44. The van der Waals surface area contributed by atoms with Gasteiger partial charge < -0.3 is 10.3 Å². The van der Waals surface area contributed by atoms with Gasteiger partial charge in [-0.3, -0.25) is 0 Å². The lowest BCUT2D eigenvalue weighted by atomic mass is 10.1. The molecular formula is C13H17FN2. The predicted octanol–water partition coefficient (Wildman–Crippen LogP) is 2.60. The van der Waals surface area contributed by atoms with E-state index in [-0.39, 0.29) is 11.9 Å². The van der Waals surface area contributed by atoms with E-state index in [1.807, 2.05) is 24.6 Å². The van der Waals surface area contributed by atoms with E-state index < -0.39 is 0 Å². The van der Waals surface area contributed by atoms with Crippen LogP contribution in [-0.2, 0) is 13.5 Å². The lowest BCUT2D eigenvalue weighted by Gasteiger charge is -2.03. The van der Waals surface area contributed by atoms with Crippen molar-refractivity contribution in [3.05, 3.63) is 35.8 Å². The molecule has 1 aromatic heterocycles. The third-order valence-corrected chi connectivity index (χ3v) is 2.90. The Morgan fingerprint density at radius 3 is 2.88 bits per heavy atom. The van der Waals surface area contributed by atoms with Crippen molar-refractivity contribution in [1.82, 2.24) is 4.57 Å².